The van der Waals surface area contributed by atoms with Crippen molar-refractivity contribution in [2.24, 2.45) is 5.41 Å². The zero-order valence-corrected chi connectivity index (χ0v) is 23.1. The molecule has 0 saturated heterocycles. The van der Waals surface area contributed by atoms with Gasteiger partial charge in [0.05, 0.1) is 29.9 Å². The standard InChI is InChI=1S/C25H34N4O5SSi/c1-18-6-8-20(9-7-18)35(31,32)29-21-14-19-10-11-27-23(19)28-22(21)24(33-12-13-36(3,4)5)34-17-25(2,15-26)16-30/h6-11,14,24,29-30H,12-13,16-17H2,1-5H3,(H,27,28)/t24?,25-/m0/s1. The van der Waals surface area contributed by atoms with Crippen LogP contribution in [0.4, 0.5) is 5.69 Å². The van der Waals surface area contributed by atoms with E-state index in [1.165, 1.54) is 12.1 Å². The Balaban J connectivity index is 2.02. The van der Waals surface area contributed by atoms with Crippen molar-refractivity contribution < 1.29 is 23.0 Å². The van der Waals surface area contributed by atoms with Gasteiger partial charge in [-0.05, 0) is 44.2 Å². The summed E-state index contributed by atoms with van der Waals surface area (Å²) in [5, 5.41) is 19.9. The number of aliphatic hydroxyl groups is 1. The third-order valence-corrected chi connectivity index (χ3v) is 8.74. The quantitative estimate of drug-likeness (QED) is 0.230. The van der Waals surface area contributed by atoms with E-state index in [2.05, 4.69) is 40.4 Å². The predicted octanol–water partition coefficient (Wildman–Crippen LogP) is 4.56. The number of sulfonamides is 1. The highest BCUT2D eigenvalue weighted by Gasteiger charge is 2.29. The van der Waals surface area contributed by atoms with Gasteiger partial charge in [0.25, 0.3) is 10.0 Å². The van der Waals surface area contributed by atoms with Crippen LogP contribution in [-0.4, -0.2) is 51.4 Å². The third-order valence-electron chi connectivity index (χ3n) is 5.66. The molecule has 0 aliphatic carbocycles. The number of nitrogens with one attached hydrogen (secondary N) is 2. The van der Waals surface area contributed by atoms with Crippen molar-refractivity contribution >= 4 is 34.8 Å². The topological polar surface area (TPSA) is 137 Å². The molecule has 2 aromatic heterocycles. The number of hydrogen-bond donors (Lipinski definition) is 3. The van der Waals surface area contributed by atoms with Crippen LogP contribution >= 0.6 is 0 Å². The molecule has 0 amide bonds. The molecule has 194 valence electrons. The smallest absolute Gasteiger partial charge is 0.261 e. The molecule has 1 unspecified atom stereocenters. The Morgan fingerprint density at radius 3 is 2.53 bits per heavy atom. The minimum absolute atomic E-state index is 0.114. The molecule has 0 fully saturated rings. The first-order valence-corrected chi connectivity index (χ1v) is 16.9. The number of aromatic amines is 1. The molecule has 0 bridgehead atoms. The van der Waals surface area contributed by atoms with Gasteiger partial charge in [-0.2, -0.15) is 5.26 Å². The van der Waals surface area contributed by atoms with Gasteiger partial charge in [-0.15, -0.1) is 0 Å². The summed E-state index contributed by atoms with van der Waals surface area (Å²) in [6.45, 7) is 9.95. The van der Waals surface area contributed by atoms with Crippen LogP contribution in [0.1, 0.15) is 24.5 Å². The minimum Gasteiger partial charge on any atom is -0.395 e. The fourth-order valence-corrected chi connectivity index (χ4v) is 5.03. The molecular weight excluding hydrogens is 496 g/mol. The van der Waals surface area contributed by atoms with E-state index < -0.39 is 36.4 Å². The summed E-state index contributed by atoms with van der Waals surface area (Å²) in [4.78, 5) is 7.77. The molecule has 2 heterocycles. The Morgan fingerprint density at radius 2 is 1.92 bits per heavy atom. The maximum Gasteiger partial charge on any atom is 0.261 e. The van der Waals surface area contributed by atoms with Crippen LogP contribution in [0, 0.1) is 23.7 Å². The summed E-state index contributed by atoms with van der Waals surface area (Å²) in [7, 11) is -5.37. The first-order chi connectivity index (χ1) is 16.9. The van der Waals surface area contributed by atoms with Gasteiger partial charge in [-0.3, -0.25) is 4.72 Å². The number of anilines is 1. The highest BCUT2D eigenvalue weighted by Crippen LogP contribution is 2.32. The number of ether oxygens (including phenoxy) is 2. The van der Waals surface area contributed by atoms with Crippen molar-refractivity contribution in [1.82, 2.24) is 9.97 Å². The van der Waals surface area contributed by atoms with Crippen LogP contribution in [0.2, 0.25) is 25.7 Å². The molecule has 1 aromatic carbocycles. The van der Waals surface area contributed by atoms with Crippen LogP contribution in [0.5, 0.6) is 0 Å². The molecular formula is C25H34N4O5SSi. The zero-order valence-electron chi connectivity index (χ0n) is 21.3. The lowest BCUT2D eigenvalue weighted by molar-refractivity contribution is -0.161. The Labute approximate surface area is 213 Å². The van der Waals surface area contributed by atoms with Crippen LogP contribution in [0.15, 0.2) is 47.5 Å². The lowest BCUT2D eigenvalue weighted by Gasteiger charge is -2.26. The molecule has 11 heteroatoms. The number of aromatic nitrogens is 2. The van der Waals surface area contributed by atoms with Gasteiger partial charge < -0.3 is 19.6 Å². The lowest BCUT2D eigenvalue weighted by Crippen LogP contribution is -2.29. The first-order valence-electron chi connectivity index (χ1n) is 11.7. The number of nitrogens with zero attached hydrogens (tertiary/aromatic N) is 2. The van der Waals surface area contributed by atoms with Crippen LogP contribution in [0.25, 0.3) is 11.0 Å². The number of hydrogen-bond acceptors (Lipinski definition) is 7. The first kappa shape index (κ1) is 27.8. The summed E-state index contributed by atoms with van der Waals surface area (Å²) in [5.74, 6) is 0. The van der Waals surface area contributed by atoms with Crippen molar-refractivity contribution in [3.63, 3.8) is 0 Å². The number of nitriles is 1. The van der Waals surface area contributed by atoms with E-state index in [0.29, 0.717) is 17.6 Å². The van der Waals surface area contributed by atoms with Gasteiger partial charge in [0.1, 0.15) is 16.8 Å². The van der Waals surface area contributed by atoms with E-state index in [-0.39, 0.29) is 22.9 Å². The normalized spacial score (nSPS) is 14.8. The monoisotopic (exact) mass is 530 g/mol. The average Bonchev–Trinajstić information content (AvgIpc) is 3.27. The van der Waals surface area contributed by atoms with E-state index in [0.717, 1.165) is 11.6 Å². The highest BCUT2D eigenvalue weighted by atomic mass is 32.2. The number of fused-ring (bicyclic) bond motifs is 1. The molecule has 0 spiro atoms. The Morgan fingerprint density at radius 1 is 1.22 bits per heavy atom. The van der Waals surface area contributed by atoms with Gasteiger partial charge in [-0.25, -0.2) is 13.4 Å². The maximum atomic E-state index is 13.2. The number of pyridine rings is 1. The minimum atomic E-state index is -3.93. The fraction of sp³-hybridized carbons (Fsp3) is 0.440. The van der Waals surface area contributed by atoms with E-state index in [4.69, 9.17) is 9.47 Å². The van der Waals surface area contributed by atoms with E-state index >= 15 is 0 Å². The molecule has 0 saturated carbocycles. The molecule has 9 nitrogen and oxygen atoms in total. The van der Waals surface area contributed by atoms with Gasteiger partial charge >= 0.3 is 0 Å². The fourth-order valence-electron chi connectivity index (χ4n) is 3.23. The largest absolute Gasteiger partial charge is 0.395 e. The second kappa shape index (κ2) is 11.1. The molecule has 3 aromatic rings. The molecule has 0 radical (unpaired) electrons. The van der Waals surface area contributed by atoms with Crippen LogP contribution < -0.4 is 4.72 Å². The second-order valence-electron chi connectivity index (χ2n) is 10.4. The molecule has 0 aliphatic rings. The van der Waals surface area contributed by atoms with Crippen LogP contribution in [0.3, 0.4) is 0 Å². The molecule has 3 N–H and O–H groups in total. The number of H-pyrrole nitrogens is 1. The number of aliphatic hydroxyl groups excluding tert-OH is 1. The third kappa shape index (κ3) is 7.15. The molecule has 2 atom stereocenters. The Kier molecular flexibility index (Phi) is 8.58. The van der Waals surface area contributed by atoms with Crippen molar-refractivity contribution in [2.75, 3.05) is 24.5 Å². The summed E-state index contributed by atoms with van der Waals surface area (Å²) in [6, 6.07) is 12.9. The van der Waals surface area contributed by atoms with E-state index in [1.807, 2.05) is 6.92 Å². The summed E-state index contributed by atoms with van der Waals surface area (Å²) in [5.41, 5.74) is 0.769. The second-order valence-corrected chi connectivity index (χ2v) is 17.7. The predicted molar refractivity (Wildman–Crippen MR) is 142 cm³/mol. The summed E-state index contributed by atoms with van der Waals surface area (Å²) in [6.07, 6.45) is 0.643. The average molecular weight is 531 g/mol. The van der Waals surface area contributed by atoms with Crippen molar-refractivity contribution in [2.45, 2.75) is 50.7 Å². The number of benzene rings is 1. The van der Waals surface area contributed by atoms with E-state index in [9.17, 15) is 18.8 Å². The summed E-state index contributed by atoms with van der Waals surface area (Å²) < 4.78 is 41.2. The highest BCUT2D eigenvalue weighted by molar-refractivity contribution is 7.92. The SMILES string of the molecule is Cc1ccc(S(=O)(=O)Nc2cc3cc[nH]c3nc2C(OCC[Si](C)(C)C)OC[C@@](C)(C#N)CO)cc1. The molecule has 3 rings (SSSR count). The van der Waals surface area contributed by atoms with Gasteiger partial charge in [0, 0.05) is 26.3 Å². The lowest BCUT2D eigenvalue weighted by atomic mass is 9.96. The number of rotatable bonds is 12. The van der Waals surface area contributed by atoms with Crippen molar-refractivity contribution in [1.29, 1.82) is 5.26 Å². The number of aryl methyl sites for hydroxylation is 1. The molecule has 36 heavy (non-hydrogen) atoms. The van der Waals surface area contributed by atoms with Crippen molar-refractivity contribution in [3.05, 3.63) is 53.9 Å². The molecule has 0 aliphatic heterocycles. The Bertz CT molecular complexity index is 1330. The van der Waals surface area contributed by atoms with Crippen molar-refractivity contribution in [3.8, 4) is 6.07 Å². The maximum absolute atomic E-state index is 13.2. The van der Waals surface area contributed by atoms with Gasteiger partial charge in [0.2, 0.25) is 6.29 Å². The van der Waals surface area contributed by atoms with E-state index in [1.54, 1.807) is 37.4 Å². The van der Waals surface area contributed by atoms with Gasteiger partial charge in [0.15, 0.2) is 0 Å². The van der Waals surface area contributed by atoms with Crippen LogP contribution in [-0.2, 0) is 19.5 Å². The zero-order chi connectivity index (χ0) is 26.6. The summed E-state index contributed by atoms with van der Waals surface area (Å²) >= 11 is 0. The Hall–Kier alpha value is -2.75. The van der Waals surface area contributed by atoms with Gasteiger partial charge in [-0.1, -0.05) is 37.3 Å².